The molecular formula is C16H20N2O. The van der Waals surface area contributed by atoms with Crippen molar-refractivity contribution in [3.8, 4) is 11.3 Å². The van der Waals surface area contributed by atoms with Gasteiger partial charge in [0.05, 0.1) is 5.69 Å². The smallest absolute Gasteiger partial charge is 0.171 e. The molecule has 0 radical (unpaired) electrons. The summed E-state index contributed by atoms with van der Waals surface area (Å²) < 4.78 is 5.55. The van der Waals surface area contributed by atoms with Crippen molar-refractivity contribution in [2.24, 2.45) is 0 Å². The summed E-state index contributed by atoms with van der Waals surface area (Å²) in [5, 5.41) is 4.16. The van der Waals surface area contributed by atoms with Gasteiger partial charge < -0.3 is 4.52 Å². The fraction of sp³-hybridized carbons (Fsp3) is 0.438. The number of rotatable bonds is 3. The van der Waals surface area contributed by atoms with Gasteiger partial charge in [0, 0.05) is 17.7 Å². The molecule has 3 rings (SSSR count). The summed E-state index contributed by atoms with van der Waals surface area (Å²) in [6, 6.07) is 10.3. The molecule has 1 aromatic carbocycles. The molecule has 0 amide bonds. The highest BCUT2D eigenvalue weighted by atomic mass is 16.5. The van der Waals surface area contributed by atoms with Crippen LogP contribution in [0.4, 0.5) is 0 Å². The van der Waals surface area contributed by atoms with Gasteiger partial charge in [-0.15, -0.1) is 0 Å². The quantitative estimate of drug-likeness (QED) is 0.839. The van der Waals surface area contributed by atoms with E-state index in [4.69, 9.17) is 4.52 Å². The fourth-order valence-corrected chi connectivity index (χ4v) is 2.73. The number of hydrogen-bond acceptors (Lipinski definition) is 3. The molecule has 1 fully saturated rings. The lowest BCUT2D eigenvalue weighted by molar-refractivity contribution is 0.220. The predicted octanol–water partition coefficient (Wildman–Crippen LogP) is 3.64. The first-order valence-electron chi connectivity index (χ1n) is 7.07. The minimum absolute atomic E-state index is 0.934. The van der Waals surface area contributed by atoms with Gasteiger partial charge >= 0.3 is 0 Å². The Morgan fingerprint density at radius 1 is 1.11 bits per heavy atom. The van der Waals surface area contributed by atoms with Gasteiger partial charge in [-0.2, -0.15) is 0 Å². The molecule has 2 aromatic rings. The van der Waals surface area contributed by atoms with Crippen molar-refractivity contribution in [1.82, 2.24) is 10.1 Å². The van der Waals surface area contributed by atoms with Gasteiger partial charge in [0.1, 0.15) is 0 Å². The molecule has 1 aliphatic heterocycles. The van der Waals surface area contributed by atoms with Crippen LogP contribution in [0.25, 0.3) is 11.3 Å². The average Bonchev–Trinajstić information content (AvgIpc) is 2.82. The third-order valence-electron chi connectivity index (χ3n) is 3.85. The lowest BCUT2D eigenvalue weighted by Crippen LogP contribution is -2.29. The molecule has 2 heterocycles. The molecule has 0 bridgehead atoms. The molecule has 100 valence electrons. The molecule has 1 aliphatic rings. The Kier molecular flexibility index (Phi) is 3.65. The van der Waals surface area contributed by atoms with Crippen LogP contribution in [0.3, 0.4) is 0 Å². The summed E-state index contributed by atoms with van der Waals surface area (Å²) in [5.41, 5.74) is 3.38. The first-order chi connectivity index (χ1) is 9.34. The number of benzene rings is 1. The first kappa shape index (κ1) is 12.4. The Morgan fingerprint density at radius 2 is 1.84 bits per heavy atom. The first-order valence-corrected chi connectivity index (χ1v) is 7.07. The molecule has 0 atom stereocenters. The summed E-state index contributed by atoms with van der Waals surface area (Å²) in [5.74, 6) is 0.934. The Balaban J connectivity index is 1.86. The van der Waals surface area contributed by atoms with Crippen molar-refractivity contribution in [2.45, 2.75) is 32.7 Å². The third-order valence-corrected chi connectivity index (χ3v) is 3.85. The molecule has 0 N–H and O–H groups in total. The van der Waals surface area contributed by atoms with Crippen LogP contribution in [0.2, 0.25) is 0 Å². The van der Waals surface area contributed by atoms with E-state index < -0.39 is 0 Å². The van der Waals surface area contributed by atoms with Crippen LogP contribution in [0.5, 0.6) is 0 Å². The highest BCUT2D eigenvalue weighted by Gasteiger charge is 2.19. The lowest BCUT2D eigenvalue weighted by Gasteiger charge is -2.26. The van der Waals surface area contributed by atoms with Crippen LogP contribution in [0.1, 0.15) is 30.5 Å². The molecule has 0 spiro atoms. The highest BCUT2D eigenvalue weighted by Crippen LogP contribution is 2.27. The minimum atomic E-state index is 0.934. The van der Waals surface area contributed by atoms with E-state index in [1.54, 1.807) is 0 Å². The average molecular weight is 256 g/mol. The van der Waals surface area contributed by atoms with Crippen molar-refractivity contribution in [3.63, 3.8) is 0 Å². The monoisotopic (exact) mass is 256 g/mol. The summed E-state index contributed by atoms with van der Waals surface area (Å²) in [6.07, 6.45) is 3.99. The van der Waals surface area contributed by atoms with E-state index in [1.807, 2.05) is 25.1 Å². The fourth-order valence-electron chi connectivity index (χ4n) is 2.73. The van der Waals surface area contributed by atoms with Crippen LogP contribution in [-0.2, 0) is 6.54 Å². The minimum Gasteiger partial charge on any atom is -0.356 e. The van der Waals surface area contributed by atoms with Crippen LogP contribution in [0, 0.1) is 6.92 Å². The van der Waals surface area contributed by atoms with Gasteiger partial charge in [-0.3, -0.25) is 4.90 Å². The predicted molar refractivity (Wildman–Crippen MR) is 75.8 cm³/mol. The van der Waals surface area contributed by atoms with Gasteiger partial charge in [-0.05, 0) is 32.9 Å². The van der Waals surface area contributed by atoms with E-state index in [0.29, 0.717) is 0 Å². The second kappa shape index (κ2) is 5.57. The molecule has 0 saturated carbocycles. The van der Waals surface area contributed by atoms with E-state index in [2.05, 4.69) is 22.2 Å². The molecule has 1 aromatic heterocycles. The topological polar surface area (TPSA) is 29.3 Å². The number of aromatic nitrogens is 1. The maximum absolute atomic E-state index is 5.55. The molecule has 0 unspecified atom stereocenters. The maximum Gasteiger partial charge on any atom is 0.171 e. The van der Waals surface area contributed by atoms with Crippen LogP contribution in [-0.4, -0.2) is 23.1 Å². The van der Waals surface area contributed by atoms with Gasteiger partial charge in [-0.1, -0.05) is 41.9 Å². The largest absolute Gasteiger partial charge is 0.356 e. The normalized spacial score (nSPS) is 16.7. The van der Waals surface area contributed by atoms with Crippen molar-refractivity contribution < 1.29 is 4.52 Å². The molecule has 1 saturated heterocycles. The SMILES string of the molecule is Cc1noc(-c2ccccc2)c1CN1CCCCC1. The Labute approximate surface area is 114 Å². The standard InChI is InChI=1S/C16H20N2O/c1-13-15(12-18-10-6-3-7-11-18)16(19-17-13)14-8-4-2-5-9-14/h2,4-5,8-9H,3,6-7,10-12H2,1H3. The van der Waals surface area contributed by atoms with E-state index in [1.165, 1.54) is 37.9 Å². The van der Waals surface area contributed by atoms with Gasteiger partial charge in [-0.25, -0.2) is 0 Å². The number of likely N-dealkylation sites (tertiary alicyclic amines) is 1. The van der Waals surface area contributed by atoms with Crippen molar-refractivity contribution in [2.75, 3.05) is 13.1 Å². The molecular weight excluding hydrogens is 236 g/mol. The number of hydrogen-bond donors (Lipinski definition) is 0. The zero-order valence-electron chi connectivity index (χ0n) is 11.4. The van der Waals surface area contributed by atoms with Crippen LogP contribution < -0.4 is 0 Å². The summed E-state index contributed by atoms with van der Waals surface area (Å²) in [4.78, 5) is 2.51. The second-order valence-corrected chi connectivity index (χ2v) is 5.28. The Bertz CT molecular complexity index is 527. The molecule has 0 aliphatic carbocycles. The van der Waals surface area contributed by atoms with Gasteiger partial charge in [0.25, 0.3) is 0 Å². The Morgan fingerprint density at radius 3 is 2.58 bits per heavy atom. The van der Waals surface area contributed by atoms with Gasteiger partial charge in [0.2, 0.25) is 0 Å². The van der Waals surface area contributed by atoms with Crippen LogP contribution in [0.15, 0.2) is 34.9 Å². The second-order valence-electron chi connectivity index (χ2n) is 5.28. The van der Waals surface area contributed by atoms with E-state index >= 15 is 0 Å². The number of nitrogens with zero attached hydrogens (tertiary/aromatic N) is 2. The van der Waals surface area contributed by atoms with E-state index in [0.717, 1.165) is 23.6 Å². The van der Waals surface area contributed by atoms with Crippen molar-refractivity contribution in [1.29, 1.82) is 0 Å². The maximum atomic E-state index is 5.55. The summed E-state index contributed by atoms with van der Waals surface area (Å²) in [7, 11) is 0. The number of aryl methyl sites for hydroxylation is 1. The van der Waals surface area contributed by atoms with Crippen molar-refractivity contribution in [3.05, 3.63) is 41.6 Å². The lowest BCUT2D eigenvalue weighted by atomic mass is 10.0. The molecule has 3 heteroatoms. The summed E-state index contributed by atoms with van der Waals surface area (Å²) in [6.45, 7) is 5.38. The van der Waals surface area contributed by atoms with E-state index in [9.17, 15) is 0 Å². The molecule has 3 nitrogen and oxygen atoms in total. The zero-order valence-corrected chi connectivity index (χ0v) is 11.4. The Hall–Kier alpha value is -1.61. The third kappa shape index (κ3) is 2.71. The summed E-state index contributed by atoms with van der Waals surface area (Å²) >= 11 is 0. The van der Waals surface area contributed by atoms with Crippen LogP contribution >= 0.6 is 0 Å². The zero-order chi connectivity index (χ0) is 13.1. The highest BCUT2D eigenvalue weighted by molar-refractivity contribution is 5.61. The molecule has 19 heavy (non-hydrogen) atoms. The van der Waals surface area contributed by atoms with Gasteiger partial charge in [0.15, 0.2) is 5.76 Å². The number of piperidine rings is 1. The van der Waals surface area contributed by atoms with E-state index in [-0.39, 0.29) is 0 Å². The van der Waals surface area contributed by atoms with Crippen molar-refractivity contribution >= 4 is 0 Å².